The molecule has 0 saturated carbocycles. The third kappa shape index (κ3) is 5.62. The summed E-state index contributed by atoms with van der Waals surface area (Å²) in [5.41, 5.74) is 2.07. The highest BCUT2D eigenvalue weighted by Gasteiger charge is 2.23. The molecule has 0 spiro atoms. The van der Waals surface area contributed by atoms with Crippen LogP contribution in [0.5, 0.6) is 0 Å². The lowest BCUT2D eigenvalue weighted by Gasteiger charge is -2.20. The van der Waals surface area contributed by atoms with Crippen LogP contribution in [0.25, 0.3) is 0 Å². The van der Waals surface area contributed by atoms with Crippen LogP contribution in [0.4, 0.5) is 5.69 Å². The number of guanidine groups is 1. The molecule has 3 N–H and O–H groups in total. The van der Waals surface area contributed by atoms with E-state index in [4.69, 9.17) is 11.6 Å². The minimum absolute atomic E-state index is 0.298. The fraction of sp³-hybridized carbons (Fsp3) is 0.381. The van der Waals surface area contributed by atoms with Gasteiger partial charge < -0.3 is 20.6 Å². The first-order valence-electron chi connectivity index (χ1n) is 9.44. The summed E-state index contributed by atoms with van der Waals surface area (Å²) < 4.78 is 0. The highest BCUT2D eigenvalue weighted by atomic mass is 35.5. The summed E-state index contributed by atoms with van der Waals surface area (Å²) in [6, 6.07) is 18.0. The largest absolute Gasteiger partial charge is 0.386 e. The molecule has 1 aliphatic heterocycles. The average Bonchev–Trinajstić information content (AvgIpc) is 3.16. The molecule has 1 heterocycles. The van der Waals surface area contributed by atoms with Crippen molar-refractivity contribution in [1.82, 2.24) is 10.6 Å². The SMILES string of the molecule is CCNC(=NCC(O)c1ccc(Cl)cc1)NC1CCN(c2ccccc2)C1. The summed E-state index contributed by atoms with van der Waals surface area (Å²) >= 11 is 5.90. The van der Waals surface area contributed by atoms with Crippen LogP contribution in [-0.4, -0.2) is 43.3 Å². The van der Waals surface area contributed by atoms with Gasteiger partial charge in [0.05, 0.1) is 12.6 Å². The zero-order chi connectivity index (χ0) is 19.1. The number of aliphatic hydroxyl groups is 1. The van der Waals surface area contributed by atoms with E-state index in [1.165, 1.54) is 5.69 Å². The molecule has 0 aromatic heterocycles. The molecule has 5 nitrogen and oxygen atoms in total. The molecule has 3 rings (SSSR count). The van der Waals surface area contributed by atoms with Crippen molar-refractivity contribution in [2.75, 3.05) is 31.1 Å². The molecule has 0 radical (unpaired) electrons. The highest BCUT2D eigenvalue weighted by molar-refractivity contribution is 6.30. The van der Waals surface area contributed by atoms with Gasteiger partial charge in [-0.2, -0.15) is 0 Å². The maximum atomic E-state index is 10.4. The van der Waals surface area contributed by atoms with Gasteiger partial charge in [-0.05, 0) is 43.2 Å². The lowest BCUT2D eigenvalue weighted by molar-refractivity contribution is 0.187. The van der Waals surface area contributed by atoms with E-state index in [-0.39, 0.29) is 0 Å². The Balaban J connectivity index is 1.57. The number of benzene rings is 2. The van der Waals surface area contributed by atoms with Crippen LogP contribution in [0, 0.1) is 0 Å². The van der Waals surface area contributed by atoms with Gasteiger partial charge in [0.15, 0.2) is 5.96 Å². The number of rotatable bonds is 6. The molecule has 2 atom stereocenters. The highest BCUT2D eigenvalue weighted by Crippen LogP contribution is 2.20. The number of nitrogens with one attached hydrogen (secondary N) is 2. The van der Waals surface area contributed by atoms with Crippen molar-refractivity contribution in [3.63, 3.8) is 0 Å². The van der Waals surface area contributed by atoms with E-state index in [0.29, 0.717) is 17.6 Å². The summed E-state index contributed by atoms with van der Waals surface area (Å²) in [6.45, 7) is 5.07. The summed E-state index contributed by atoms with van der Waals surface area (Å²) in [5, 5.41) is 17.8. The van der Waals surface area contributed by atoms with E-state index >= 15 is 0 Å². The van der Waals surface area contributed by atoms with Crippen molar-refractivity contribution in [2.45, 2.75) is 25.5 Å². The predicted molar refractivity (Wildman–Crippen MR) is 113 cm³/mol. The molecule has 0 bridgehead atoms. The minimum atomic E-state index is -0.651. The lowest BCUT2D eigenvalue weighted by atomic mass is 10.1. The number of aliphatic imine (C=N–C) groups is 1. The second-order valence-electron chi connectivity index (χ2n) is 6.70. The Kier molecular flexibility index (Phi) is 6.96. The number of nitrogens with zero attached hydrogens (tertiary/aromatic N) is 2. The molecule has 27 heavy (non-hydrogen) atoms. The second kappa shape index (κ2) is 9.62. The van der Waals surface area contributed by atoms with Crippen molar-refractivity contribution in [3.05, 3.63) is 65.2 Å². The van der Waals surface area contributed by atoms with Gasteiger partial charge in [-0.15, -0.1) is 0 Å². The Morgan fingerprint density at radius 2 is 1.96 bits per heavy atom. The van der Waals surface area contributed by atoms with E-state index in [9.17, 15) is 5.11 Å². The third-order valence-corrected chi connectivity index (χ3v) is 4.92. The van der Waals surface area contributed by atoms with Crippen molar-refractivity contribution in [3.8, 4) is 0 Å². The molecule has 2 aromatic rings. The van der Waals surface area contributed by atoms with Gasteiger partial charge in [0, 0.05) is 36.4 Å². The standard InChI is InChI=1S/C21H27ClN4O/c1-2-23-21(24-14-20(27)16-8-10-17(22)11-9-16)25-18-12-13-26(15-18)19-6-4-3-5-7-19/h3-11,18,20,27H,2,12-15H2,1H3,(H2,23,24,25). The van der Waals surface area contributed by atoms with Gasteiger partial charge in [0.2, 0.25) is 0 Å². The molecule has 1 aliphatic rings. The number of aliphatic hydroxyl groups excluding tert-OH is 1. The third-order valence-electron chi connectivity index (χ3n) is 4.67. The number of hydrogen-bond donors (Lipinski definition) is 3. The minimum Gasteiger partial charge on any atom is -0.386 e. The summed E-state index contributed by atoms with van der Waals surface area (Å²) in [4.78, 5) is 6.95. The van der Waals surface area contributed by atoms with Crippen LogP contribution in [0.2, 0.25) is 5.02 Å². The Morgan fingerprint density at radius 3 is 2.67 bits per heavy atom. The fourth-order valence-corrected chi connectivity index (χ4v) is 3.36. The van der Waals surface area contributed by atoms with E-state index in [1.54, 1.807) is 12.1 Å². The van der Waals surface area contributed by atoms with E-state index in [2.05, 4.69) is 44.8 Å². The monoisotopic (exact) mass is 386 g/mol. The fourth-order valence-electron chi connectivity index (χ4n) is 3.23. The first-order chi connectivity index (χ1) is 13.2. The van der Waals surface area contributed by atoms with Gasteiger partial charge in [-0.1, -0.05) is 41.9 Å². The Labute approximate surface area is 166 Å². The zero-order valence-electron chi connectivity index (χ0n) is 15.6. The molecule has 1 saturated heterocycles. The summed E-state index contributed by atoms with van der Waals surface area (Å²) in [7, 11) is 0. The Morgan fingerprint density at radius 1 is 1.22 bits per heavy atom. The van der Waals surface area contributed by atoms with Crippen LogP contribution >= 0.6 is 11.6 Å². The number of para-hydroxylation sites is 1. The number of hydrogen-bond acceptors (Lipinski definition) is 3. The Bertz CT molecular complexity index is 736. The quantitative estimate of drug-likeness (QED) is 0.527. The van der Waals surface area contributed by atoms with Gasteiger partial charge in [0.1, 0.15) is 0 Å². The molecular weight excluding hydrogens is 360 g/mol. The van der Waals surface area contributed by atoms with Crippen LogP contribution in [0.15, 0.2) is 59.6 Å². The number of halogens is 1. The predicted octanol–water partition coefficient (Wildman–Crippen LogP) is 3.21. The van der Waals surface area contributed by atoms with E-state index < -0.39 is 6.10 Å². The molecule has 6 heteroatoms. The number of anilines is 1. The van der Waals surface area contributed by atoms with Gasteiger partial charge in [-0.25, -0.2) is 0 Å². The summed E-state index contributed by atoms with van der Waals surface area (Å²) in [5.74, 6) is 0.741. The van der Waals surface area contributed by atoms with Crippen LogP contribution < -0.4 is 15.5 Å². The normalized spacial score (nSPS) is 18.4. The molecule has 2 aromatic carbocycles. The Hall–Kier alpha value is -2.24. The van der Waals surface area contributed by atoms with Crippen LogP contribution in [0.3, 0.4) is 0 Å². The van der Waals surface area contributed by atoms with Crippen LogP contribution in [0.1, 0.15) is 25.0 Å². The first kappa shape index (κ1) is 19.5. The zero-order valence-corrected chi connectivity index (χ0v) is 16.4. The second-order valence-corrected chi connectivity index (χ2v) is 7.13. The smallest absolute Gasteiger partial charge is 0.191 e. The molecule has 144 valence electrons. The molecular formula is C21H27ClN4O. The van der Waals surface area contributed by atoms with Crippen molar-refractivity contribution >= 4 is 23.2 Å². The molecule has 1 fully saturated rings. The van der Waals surface area contributed by atoms with Gasteiger partial charge in [-0.3, -0.25) is 4.99 Å². The van der Waals surface area contributed by atoms with Crippen molar-refractivity contribution < 1.29 is 5.11 Å². The molecule has 0 amide bonds. The molecule has 0 aliphatic carbocycles. The first-order valence-corrected chi connectivity index (χ1v) is 9.82. The molecule has 2 unspecified atom stereocenters. The average molecular weight is 387 g/mol. The lowest BCUT2D eigenvalue weighted by Crippen LogP contribution is -2.44. The maximum absolute atomic E-state index is 10.4. The van der Waals surface area contributed by atoms with Crippen molar-refractivity contribution in [2.24, 2.45) is 4.99 Å². The topological polar surface area (TPSA) is 59.9 Å². The van der Waals surface area contributed by atoms with Gasteiger partial charge >= 0.3 is 0 Å². The maximum Gasteiger partial charge on any atom is 0.191 e. The van der Waals surface area contributed by atoms with E-state index in [1.807, 2.05) is 25.1 Å². The van der Waals surface area contributed by atoms with Crippen molar-refractivity contribution in [1.29, 1.82) is 0 Å². The van der Waals surface area contributed by atoms with Gasteiger partial charge in [0.25, 0.3) is 0 Å². The van der Waals surface area contributed by atoms with E-state index in [0.717, 1.165) is 37.6 Å². The summed E-state index contributed by atoms with van der Waals surface area (Å²) in [6.07, 6.45) is 0.404. The van der Waals surface area contributed by atoms with Crippen LogP contribution in [-0.2, 0) is 0 Å².